The Morgan fingerprint density at radius 3 is 2.35 bits per heavy atom. The van der Waals surface area contributed by atoms with E-state index in [1.165, 1.54) is 0 Å². The van der Waals surface area contributed by atoms with Gasteiger partial charge in [-0.25, -0.2) is 4.79 Å². The summed E-state index contributed by atoms with van der Waals surface area (Å²) in [5, 5.41) is 0. The summed E-state index contributed by atoms with van der Waals surface area (Å²) in [5.74, 6) is -0.557. The molecule has 0 saturated heterocycles. The largest absolute Gasteiger partial charge is 0.462 e. The zero-order valence-electron chi connectivity index (χ0n) is 10.9. The lowest BCUT2D eigenvalue weighted by molar-refractivity contribution is -0.140. The Labute approximate surface area is 103 Å². The second-order valence-electron chi connectivity index (χ2n) is 4.57. The van der Waals surface area contributed by atoms with Gasteiger partial charge in [0.15, 0.2) is 5.78 Å². The molecule has 0 amide bonds. The third-order valence-electron chi connectivity index (χ3n) is 2.87. The van der Waals surface area contributed by atoms with E-state index in [1.54, 1.807) is 32.1 Å². The van der Waals surface area contributed by atoms with Gasteiger partial charge in [0.2, 0.25) is 0 Å². The van der Waals surface area contributed by atoms with Gasteiger partial charge in [-0.2, -0.15) is 0 Å². The number of carbonyl (C=O) groups is 2. The standard InChI is InChI=1S/C13H21NO3/c1-4-17-13(16)11(9-14(2)3)12(15)10-7-5-6-8-10/h9-10H,4-8H2,1-3H3/b11-9-. The van der Waals surface area contributed by atoms with Gasteiger partial charge in [-0.05, 0) is 19.8 Å². The Bertz CT molecular complexity index is 315. The second-order valence-corrected chi connectivity index (χ2v) is 4.57. The molecule has 17 heavy (non-hydrogen) atoms. The van der Waals surface area contributed by atoms with Crippen LogP contribution in [0.15, 0.2) is 11.8 Å². The highest BCUT2D eigenvalue weighted by molar-refractivity contribution is 6.18. The van der Waals surface area contributed by atoms with Crippen LogP contribution in [0.4, 0.5) is 0 Å². The minimum Gasteiger partial charge on any atom is -0.462 e. The van der Waals surface area contributed by atoms with E-state index < -0.39 is 5.97 Å². The van der Waals surface area contributed by atoms with Crippen molar-refractivity contribution in [3.05, 3.63) is 11.8 Å². The minimum atomic E-state index is -0.502. The van der Waals surface area contributed by atoms with Crippen LogP contribution in [0.5, 0.6) is 0 Å². The van der Waals surface area contributed by atoms with Gasteiger partial charge < -0.3 is 9.64 Å². The van der Waals surface area contributed by atoms with Crippen molar-refractivity contribution in [3.8, 4) is 0 Å². The zero-order valence-corrected chi connectivity index (χ0v) is 10.9. The number of ketones is 1. The number of rotatable bonds is 5. The molecule has 0 aliphatic heterocycles. The third kappa shape index (κ3) is 3.88. The molecule has 0 heterocycles. The van der Waals surface area contributed by atoms with Crippen molar-refractivity contribution in [2.75, 3.05) is 20.7 Å². The fourth-order valence-corrected chi connectivity index (χ4v) is 2.09. The van der Waals surface area contributed by atoms with Crippen LogP contribution in [-0.2, 0) is 14.3 Å². The van der Waals surface area contributed by atoms with Crippen LogP contribution in [0.2, 0.25) is 0 Å². The maximum absolute atomic E-state index is 12.2. The lowest BCUT2D eigenvalue weighted by atomic mass is 9.96. The molecule has 1 fully saturated rings. The van der Waals surface area contributed by atoms with Crippen molar-refractivity contribution < 1.29 is 14.3 Å². The maximum Gasteiger partial charge on any atom is 0.343 e. The van der Waals surface area contributed by atoms with Gasteiger partial charge >= 0.3 is 5.97 Å². The average molecular weight is 239 g/mol. The summed E-state index contributed by atoms with van der Waals surface area (Å²) in [7, 11) is 3.59. The number of carbonyl (C=O) groups excluding carboxylic acids is 2. The quantitative estimate of drug-likeness (QED) is 0.317. The van der Waals surface area contributed by atoms with E-state index >= 15 is 0 Å². The first-order chi connectivity index (χ1) is 8.06. The molecule has 0 aromatic carbocycles. The van der Waals surface area contributed by atoms with E-state index in [2.05, 4.69) is 0 Å². The van der Waals surface area contributed by atoms with E-state index in [-0.39, 0.29) is 17.3 Å². The summed E-state index contributed by atoms with van der Waals surface area (Å²) in [4.78, 5) is 25.6. The number of hydrogen-bond acceptors (Lipinski definition) is 4. The Morgan fingerprint density at radius 2 is 1.88 bits per heavy atom. The van der Waals surface area contributed by atoms with Gasteiger partial charge in [-0.3, -0.25) is 4.79 Å². The van der Waals surface area contributed by atoms with Crippen molar-refractivity contribution in [2.24, 2.45) is 5.92 Å². The summed E-state index contributed by atoms with van der Waals surface area (Å²) in [6.45, 7) is 2.03. The molecule has 96 valence electrons. The third-order valence-corrected chi connectivity index (χ3v) is 2.87. The Hall–Kier alpha value is -1.32. The molecule has 1 saturated carbocycles. The molecule has 0 bridgehead atoms. The van der Waals surface area contributed by atoms with E-state index in [9.17, 15) is 9.59 Å². The fourth-order valence-electron chi connectivity index (χ4n) is 2.09. The first-order valence-electron chi connectivity index (χ1n) is 6.15. The van der Waals surface area contributed by atoms with Crippen molar-refractivity contribution in [1.29, 1.82) is 0 Å². The Morgan fingerprint density at radius 1 is 1.29 bits per heavy atom. The zero-order chi connectivity index (χ0) is 12.8. The molecule has 1 rings (SSSR count). The molecule has 1 aliphatic rings. The summed E-state index contributed by atoms with van der Waals surface area (Å²) in [6, 6.07) is 0. The van der Waals surface area contributed by atoms with E-state index in [0.717, 1.165) is 25.7 Å². The number of Topliss-reactive ketones (excluding diaryl/α,β-unsaturated/α-hetero) is 1. The first-order valence-corrected chi connectivity index (χ1v) is 6.15. The smallest absolute Gasteiger partial charge is 0.343 e. The molecule has 0 aromatic rings. The van der Waals surface area contributed by atoms with Gasteiger partial charge in [-0.15, -0.1) is 0 Å². The molecule has 0 aromatic heterocycles. The SMILES string of the molecule is CCOC(=O)/C(=C\N(C)C)C(=O)C1CCCC1. The number of hydrogen-bond donors (Lipinski definition) is 0. The highest BCUT2D eigenvalue weighted by Crippen LogP contribution is 2.28. The van der Waals surface area contributed by atoms with Crippen LogP contribution in [-0.4, -0.2) is 37.4 Å². The fraction of sp³-hybridized carbons (Fsp3) is 0.692. The highest BCUT2D eigenvalue weighted by Gasteiger charge is 2.29. The van der Waals surface area contributed by atoms with Gasteiger partial charge in [0.1, 0.15) is 5.57 Å². The molecule has 0 unspecified atom stereocenters. The Balaban J connectivity index is 2.82. The van der Waals surface area contributed by atoms with E-state index in [4.69, 9.17) is 4.74 Å². The second kappa shape index (κ2) is 6.42. The lowest BCUT2D eigenvalue weighted by Gasteiger charge is -2.13. The normalized spacial score (nSPS) is 17.0. The predicted octanol–water partition coefficient (Wildman–Crippen LogP) is 1.75. The van der Waals surface area contributed by atoms with Crippen LogP contribution in [0, 0.1) is 5.92 Å². The molecule has 4 nitrogen and oxygen atoms in total. The molecule has 0 N–H and O–H groups in total. The topological polar surface area (TPSA) is 46.6 Å². The van der Waals surface area contributed by atoms with Crippen LogP contribution in [0.3, 0.4) is 0 Å². The van der Waals surface area contributed by atoms with Gasteiger partial charge in [-0.1, -0.05) is 12.8 Å². The van der Waals surface area contributed by atoms with Crippen molar-refractivity contribution in [2.45, 2.75) is 32.6 Å². The van der Waals surface area contributed by atoms with E-state index in [0.29, 0.717) is 6.61 Å². The summed E-state index contributed by atoms with van der Waals surface area (Å²) in [5.41, 5.74) is 0.184. The van der Waals surface area contributed by atoms with Crippen molar-refractivity contribution >= 4 is 11.8 Å². The summed E-state index contributed by atoms with van der Waals surface area (Å²) in [6.07, 6.45) is 5.51. The minimum absolute atomic E-state index is 0.00519. The van der Waals surface area contributed by atoms with Crippen LogP contribution >= 0.6 is 0 Å². The van der Waals surface area contributed by atoms with Crippen molar-refractivity contribution in [3.63, 3.8) is 0 Å². The van der Waals surface area contributed by atoms with Gasteiger partial charge in [0.25, 0.3) is 0 Å². The van der Waals surface area contributed by atoms with Gasteiger partial charge in [0, 0.05) is 26.2 Å². The highest BCUT2D eigenvalue weighted by atomic mass is 16.5. The average Bonchev–Trinajstić information content (AvgIpc) is 2.78. The molecule has 4 heteroatoms. The van der Waals surface area contributed by atoms with Crippen LogP contribution in [0.1, 0.15) is 32.6 Å². The monoisotopic (exact) mass is 239 g/mol. The summed E-state index contributed by atoms with van der Waals surface area (Å²) < 4.78 is 4.93. The molecule has 1 aliphatic carbocycles. The number of nitrogens with zero attached hydrogens (tertiary/aromatic N) is 1. The number of ether oxygens (including phenoxy) is 1. The molecular formula is C13H21NO3. The van der Waals surface area contributed by atoms with Gasteiger partial charge in [0.05, 0.1) is 6.61 Å². The molecule has 0 atom stereocenters. The van der Waals surface area contributed by atoms with E-state index in [1.807, 2.05) is 0 Å². The molecule has 0 radical (unpaired) electrons. The molecular weight excluding hydrogens is 218 g/mol. The first kappa shape index (κ1) is 13.7. The van der Waals surface area contributed by atoms with Crippen LogP contribution in [0.25, 0.3) is 0 Å². The number of esters is 1. The molecule has 0 spiro atoms. The summed E-state index contributed by atoms with van der Waals surface area (Å²) >= 11 is 0. The van der Waals surface area contributed by atoms with Crippen LogP contribution < -0.4 is 0 Å². The predicted molar refractivity (Wildman–Crippen MR) is 65.4 cm³/mol. The maximum atomic E-state index is 12.2. The Kier molecular flexibility index (Phi) is 5.19. The van der Waals surface area contributed by atoms with Crippen molar-refractivity contribution in [1.82, 2.24) is 4.90 Å². The lowest BCUT2D eigenvalue weighted by Crippen LogP contribution is -2.23.